The Morgan fingerprint density at radius 1 is 1.17 bits per heavy atom. The maximum Gasteiger partial charge on any atom is 0.193 e. The molecule has 3 saturated carbocycles. The van der Waals surface area contributed by atoms with Gasteiger partial charge in [-0.1, -0.05) is 41.0 Å². The van der Waals surface area contributed by atoms with E-state index in [4.69, 9.17) is 19.0 Å². The number of hydrogen-bond donors (Lipinski definition) is 2. The minimum atomic E-state index is -1.38. The van der Waals surface area contributed by atoms with Crippen molar-refractivity contribution in [2.75, 3.05) is 19.8 Å². The number of oxime groups is 1. The SMILES string of the molecule is CC1(C)O[C@@H]2C[C@H]3[C@@H]4C[C@H](F)C5=C/C(=N/OCCOc6ccc(Br)cc6)C=C[C@]5(C)[C@H]4[C@@H](O)C[C@]3(C)[C@]2(C(=O)CO)O1. The molecule has 0 unspecified atom stereocenters. The molecule has 1 heterocycles. The molecule has 8 nitrogen and oxygen atoms in total. The maximum absolute atomic E-state index is 16.1. The standard InChI is InChI=1S/C32H39BrFNO7/c1-29(2)41-27-15-22-21-14-24(34)23-13-19(35-40-12-11-39-20-7-5-18(33)6-8-20)9-10-30(23,3)28(21)25(37)16-31(22,4)32(27,42-29)26(38)17-36/h5-10,13,21-22,24-25,27-28,36-37H,11-12,14-17H2,1-4H3/b35-19+/t21-,22-,24-,25-,27+,28+,30-,31-,32+/m0/s1. The van der Waals surface area contributed by atoms with Gasteiger partial charge in [-0.3, -0.25) is 4.79 Å². The quantitative estimate of drug-likeness (QED) is 0.320. The van der Waals surface area contributed by atoms with E-state index in [-0.39, 0.29) is 37.2 Å². The van der Waals surface area contributed by atoms with E-state index in [1.807, 2.05) is 50.3 Å². The highest BCUT2D eigenvalue weighted by Gasteiger charge is 2.77. The molecule has 228 valence electrons. The summed E-state index contributed by atoms with van der Waals surface area (Å²) in [6.45, 7) is 7.32. The van der Waals surface area contributed by atoms with Crippen molar-refractivity contribution in [3.8, 4) is 5.75 Å². The number of hydrogen-bond acceptors (Lipinski definition) is 8. The Kier molecular flexibility index (Phi) is 7.49. The molecule has 1 aromatic carbocycles. The highest BCUT2D eigenvalue weighted by Crippen LogP contribution is 2.70. The Labute approximate surface area is 254 Å². The molecule has 2 N–H and O–H groups in total. The summed E-state index contributed by atoms with van der Waals surface area (Å²) in [6, 6.07) is 7.50. The van der Waals surface area contributed by atoms with Gasteiger partial charge in [0.2, 0.25) is 0 Å². The fourth-order valence-corrected chi connectivity index (χ4v) is 9.23. The predicted molar refractivity (Wildman–Crippen MR) is 157 cm³/mol. The Hall–Kier alpha value is -2.11. The number of halogens is 2. The summed E-state index contributed by atoms with van der Waals surface area (Å²) in [5.41, 5.74) is -1.85. The lowest BCUT2D eigenvalue weighted by atomic mass is 9.46. The molecule has 6 rings (SSSR count). The average Bonchev–Trinajstić information content (AvgIpc) is 3.34. The lowest BCUT2D eigenvalue weighted by Crippen LogP contribution is -2.64. The number of carbonyl (C=O) groups is 1. The van der Waals surface area contributed by atoms with E-state index >= 15 is 4.39 Å². The first-order valence-corrected chi connectivity index (χ1v) is 15.5. The zero-order valence-corrected chi connectivity index (χ0v) is 26.0. The van der Waals surface area contributed by atoms with Gasteiger partial charge in [-0.15, -0.1) is 0 Å². The molecule has 9 atom stereocenters. The average molecular weight is 649 g/mol. The summed E-state index contributed by atoms with van der Waals surface area (Å²) >= 11 is 3.39. The summed E-state index contributed by atoms with van der Waals surface area (Å²) in [6.07, 6.45) is 3.87. The van der Waals surface area contributed by atoms with Crippen LogP contribution >= 0.6 is 15.9 Å². The highest BCUT2D eigenvalue weighted by molar-refractivity contribution is 9.10. The molecule has 1 aliphatic heterocycles. The number of Topliss-reactive ketones (excluding diaryl/α,β-unsaturated/α-hetero) is 1. The molecule has 0 bridgehead atoms. The Bertz CT molecular complexity index is 1330. The summed E-state index contributed by atoms with van der Waals surface area (Å²) in [7, 11) is 0. The number of allylic oxidation sites excluding steroid dienone is 4. The molecule has 1 aromatic rings. The topological polar surface area (TPSA) is 107 Å². The van der Waals surface area contributed by atoms with E-state index in [0.29, 0.717) is 24.3 Å². The smallest absolute Gasteiger partial charge is 0.193 e. The van der Waals surface area contributed by atoms with Crippen LogP contribution in [0, 0.1) is 28.6 Å². The summed E-state index contributed by atoms with van der Waals surface area (Å²) in [5, 5.41) is 26.0. The number of nitrogens with zero attached hydrogens (tertiary/aromatic N) is 1. The van der Waals surface area contributed by atoms with Crippen molar-refractivity contribution in [3.63, 3.8) is 0 Å². The number of aliphatic hydroxyl groups is 2. The van der Waals surface area contributed by atoms with Gasteiger partial charge >= 0.3 is 0 Å². The van der Waals surface area contributed by atoms with E-state index < -0.39 is 53.0 Å². The molecular formula is C32H39BrFNO7. The number of alkyl halides is 1. The van der Waals surface area contributed by atoms with Crippen molar-refractivity contribution in [2.24, 2.45) is 33.7 Å². The molecule has 0 radical (unpaired) electrons. The third-order valence-electron chi connectivity index (χ3n) is 10.5. The van der Waals surface area contributed by atoms with Crippen LogP contribution in [0.1, 0.15) is 47.0 Å². The van der Waals surface area contributed by atoms with E-state index in [9.17, 15) is 15.0 Å². The zero-order chi connectivity index (χ0) is 30.1. The molecule has 4 aliphatic carbocycles. The van der Waals surface area contributed by atoms with Crippen LogP contribution in [0.2, 0.25) is 0 Å². The zero-order valence-electron chi connectivity index (χ0n) is 24.4. The number of carbonyl (C=O) groups excluding carboxylic acids is 1. The van der Waals surface area contributed by atoms with E-state index in [1.54, 1.807) is 19.9 Å². The lowest BCUT2D eigenvalue weighted by Gasteiger charge is -2.60. The fourth-order valence-electron chi connectivity index (χ4n) is 8.96. The van der Waals surface area contributed by atoms with Crippen LogP contribution in [0.5, 0.6) is 5.75 Å². The van der Waals surface area contributed by atoms with Crippen LogP contribution in [0.15, 0.2) is 57.7 Å². The van der Waals surface area contributed by atoms with Crippen molar-refractivity contribution in [3.05, 3.63) is 52.5 Å². The number of ketones is 1. The Balaban J connectivity index is 1.20. The maximum atomic E-state index is 16.1. The molecule has 0 aromatic heterocycles. The molecule has 10 heteroatoms. The Morgan fingerprint density at radius 2 is 1.90 bits per heavy atom. The minimum absolute atomic E-state index is 0.128. The molecule has 4 fully saturated rings. The van der Waals surface area contributed by atoms with Gasteiger partial charge in [0.25, 0.3) is 0 Å². The van der Waals surface area contributed by atoms with Crippen LogP contribution in [0.3, 0.4) is 0 Å². The molecule has 1 saturated heterocycles. The van der Waals surface area contributed by atoms with Gasteiger partial charge in [-0.05, 0) is 86.9 Å². The van der Waals surface area contributed by atoms with Crippen LogP contribution in [-0.4, -0.2) is 71.3 Å². The molecule has 42 heavy (non-hydrogen) atoms. The van der Waals surface area contributed by atoms with Crippen LogP contribution in [0.25, 0.3) is 0 Å². The van der Waals surface area contributed by atoms with E-state index in [0.717, 1.165) is 10.2 Å². The van der Waals surface area contributed by atoms with Crippen molar-refractivity contribution in [1.82, 2.24) is 0 Å². The normalized spacial score (nSPS) is 42.3. The number of rotatable bonds is 7. The second-order valence-corrected chi connectivity index (χ2v) is 14.1. The highest BCUT2D eigenvalue weighted by atomic mass is 79.9. The third kappa shape index (κ3) is 4.51. The third-order valence-corrected chi connectivity index (χ3v) is 11.0. The first-order valence-electron chi connectivity index (χ1n) is 14.7. The van der Waals surface area contributed by atoms with Gasteiger partial charge in [0.05, 0.1) is 12.2 Å². The van der Waals surface area contributed by atoms with E-state index in [1.165, 1.54) is 0 Å². The Morgan fingerprint density at radius 3 is 2.62 bits per heavy atom. The summed E-state index contributed by atoms with van der Waals surface area (Å²) < 4.78 is 35.4. The van der Waals surface area contributed by atoms with E-state index in [2.05, 4.69) is 21.1 Å². The second-order valence-electron chi connectivity index (χ2n) is 13.2. The largest absolute Gasteiger partial charge is 0.490 e. The van der Waals surface area contributed by atoms with Crippen molar-refractivity contribution in [1.29, 1.82) is 0 Å². The molecular weight excluding hydrogens is 609 g/mol. The number of aliphatic hydroxyl groups excluding tert-OH is 2. The summed E-state index contributed by atoms with van der Waals surface area (Å²) in [5.74, 6) is -1.32. The van der Waals surface area contributed by atoms with Gasteiger partial charge in [0.15, 0.2) is 23.8 Å². The second kappa shape index (κ2) is 10.5. The predicted octanol–water partition coefficient (Wildman–Crippen LogP) is 4.92. The molecule has 0 spiro atoms. The van der Waals surface area contributed by atoms with Gasteiger partial charge < -0.3 is 29.3 Å². The molecule has 0 amide bonds. The van der Waals surface area contributed by atoms with Gasteiger partial charge in [-0.25, -0.2) is 4.39 Å². The van der Waals surface area contributed by atoms with Crippen molar-refractivity contribution >= 4 is 27.4 Å². The minimum Gasteiger partial charge on any atom is -0.490 e. The van der Waals surface area contributed by atoms with Crippen LogP contribution < -0.4 is 4.74 Å². The van der Waals surface area contributed by atoms with Gasteiger partial charge in [-0.2, -0.15) is 0 Å². The monoisotopic (exact) mass is 647 g/mol. The number of ether oxygens (including phenoxy) is 3. The number of benzene rings is 1. The van der Waals surface area contributed by atoms with Crippen LogP contribution in [0.4, 0.5) is 4.39 Å². The van der Waals surface area contributed by atoms with Crippen molar-refractivity contribution < 1.29 is 38.4 Å². The van der Waals surface area contributed by atoms with Gasteiger partial charge in [0.1, 0.15) is 30.8 Å². The molecule has 5 aliphatic rings. The van der Waals surface area contributed by atoms with Crippen molar-refractivity contribution in [2.45, 2.75) is 76.7 Å². The van der Waals surface area contributed by atoms with Crippen LogP contribution in [-0.2, 0) is 19.1 Å². The summed E-state index contributed by atoms with van der Waals surface area (Å²) in [4.78, 5) is 18.8. The van der Waals surface area contributed by atoms with Gasteiger partial charge in [0, 0.05) is 21.2 Å². The first-order chi connectivity index (χ1) is 19.8. The fraction of sp³-hybridized carbons (Fsp3) is 0.625. The first kappa shape index (κ1) is 29.9. The number of fused-ring (bicyclic) bond motifs is 7. The lowest BCUT2D eigenvalue weighted by molar-refractivity contribution is -0.226.